The fourth-order valence-corrected chi connectivity index (χ4v) is 3.05. The Hall–Kier alpha value is -3.62. The number of fused-ring (bicyclic) bond motifs is 1. The Balaban J connectivity index is 1.55. The molecular formula is C24H29FN4O4. The molecule has 2 heterocycles. The van der Waals surface area contributed by atoms with Gasteiger partial charge in [0, 0.05) is 35.1 Å². The number of amides is 1. The molecule has 9 heteroatoms. The predicted octanol–water partition coefficient (Wildman–Crippen LogP) is 5.21. The number of pyridine rings is 1. The van der Waals surface area contributed by atoms with Gasteiger partial charge in [-0.1, -0.05) is 0 Å². The topological polar surface area (TPSA) is 98.5 Å². The zero-order valence-corrected chi connectivity index (χ0v) is 19.5. The molecule has 0 aliphatic heterocycles. The summed E-state index contributed by atoms with van der Waals surface area (Å²) < 4.78 is 29.6. The molecule has 0 aliphatic carbocycles. The Kier molecular flexibility index (Phi) is 7.52. The molecule has 1 amide bonds. The molecular weight excluding hydrogens is 427 g/mol. The van der Waals surface area contributed by atoms with Crippen LogP contribution in [0.3, 0.4) is 0 Å². The molecule has 0 atom stereocenters. The molecule has 0 fully saturated rings. The highest BCUT2D eigenvalue weighted by atomic mass is 19.1. The smallest absolute Gasteiger partial charge is 0.407 e. The van der Waals surface area contributed by atoms with E-state index in [1.807, 2.05) is 46.8 Å². The maximum atomic E-state index is 13.2. The van der Waals surface area contributed by atoms with Gasteiger partial charge in [0.05, 0.1) is 6.33 Å². The number of aryl methyl sites for hydroxylation is 2. The maximum Gasteiger partial charge on any atom is 0.407 e. The third-order valence-corrected chi connectivity index (χ3v) is 4.39. The van der Waals surface area contributed by atoms with E-state index >= 15 is 0 Å². The van der Waals surface area contributed by atoms with Crippen LogP contribution in [0.25, 0.3) is 11.1 Å². The Morgan fingerprint density at radius 1 is 1.12 bits per heavy atom. The number of rotatable bonds is 8. The van der Waals surface area contributed by atoms with E-state index in [4.69, 9.17) is 13.9 Å². The lowest BCUT2D eigenvalue weighted by Gasteiger charge is -2.20. The van der Waals surface area contributed by atoms with E-state index in [-0.39, 0.29) is 18.8 Å². The van der Waals surface area contributed by atoms with Crippen LogP contribution in [0, 0.1) is 13.8 Å². The highest BCUT2D eigenvalue weighted by Crippen LogP contribution is 2.24. The molecule has 2 N–H and O–H groups in total. The number of nitrogens with zero attached hydrogens (tertiary/aromatic N) is 2. The number of carbonyl (C=O) groups is 1. The lowest BCUT2D eigenvalue weighted by molar-refractivity contribution is 0.143. The van der Waals surface area contributed by atoms with Crippen LogP contribution in [0.4, 0.5) is 15.2 Å². The monoisotopic (exact) mass is 456 g/mol. The zero-order valence-electron chi connectivity index (χ0n) is 19.5. The normalized spacial score (nSPS) is 12.0. The summed E-state index contributed by atoms with van der Waals surface area (Å²) in [5, 5.41) is 5.81. The number of oxazole rings is 1. The van der Waals surface area contributed by atoms with Crippen molar-refractivity contribution in [2.45, 2.75) is 46.7 Å². The first-order chi connectivity index (χ1) is 15.6. The molecule has 3 rings (SSSR count). The number of hydrogen-bond acceptors (Lipinski definition) is 7. The number of aromatic nitrogens is 2. The van der Waals surface area contributed by atoms with Crippen molar-refractivity contribution in [3.05, 3.63) is 59.2 Å². The molecule has 0 unspecified atom stereocenters. The van der Waals surface area contributed by atoms with Gasteiger partial charge in [-0.05, 0) is 64.4 Å². The van der Waals surface area contributed by atoms with Crippen molar-refractivity contribution in [1.29, 1.82) is 0 Å². The van der Waals surface area contributed by atoms with Crippen molar-refractivity contribution in [2.24, 2.45) is 0 Å². The van der Waals surface area contributed by atoms with Crippen molar-refractivity contribution in [2.75, 3.05) is 18.5 Å². The SMILES string of the molecule is Cc1cc(CNc2nc3ccc(OC/C(=C/F)COC(=O)NC(C)(C)C)cc3o2)cc(C)n1. The van der Waals surface area contributed by atoms with Gasteiger partial charge in [-0.3, -0.25) is 4.98 Å². The van der Waals surface area contributed by atoms with Gasteiger partial charge in [-0.25, -0.2) is 9.18 Å². The largest absolute Gasteiger partial charge is 0.489 e. The van der Waals surface area contributed by atoms with E-state index in [0.29, 0.717) is 35.7 Å². The van der Waals surface area contributed by atoms with Gasteiger partial charge >= 0.3 is 6.09 Å². The van der Waals surface area contributed by atoms with Crippen molar-refractivity contribution >= 4 is 23.2 Å². The second-order valence-electron chi connectivity index (χ2n) is 8.77. The average molecular weight is 457 g/mol. The lowest BCUT2D eigenvalue weighted by atomic mass is 10.1. The van der Waals surface area contributed by atoms with Gasteiger partial charge in [0.1, 0.15) is 24.5 Å². The highest BCUT2D eigenvalue weighted by molar-refractivity contribution is 5.76. The third kappa shape index (κ3) is 7.48. The summed E-state index contributed by atoms with van der Waals surface area (Å²) in [7, 11) is 0. The Morgan fingerprint density at radius 3 is 2.52 bits per heavy atom. The number of nitrogens with one attached hydrogen (secondary N) is 2. The van der Waals surface area contributed by atoms with E-state index in [2.05, 4.69) is 20.6 Å². The first-order valence-corrected chi connectivity index (χ1v) is 10.6. The number of anilines is 1. The second kappa shape index (κ2) is 10.3. The molecule has 0 spiro atoms. The quantitative estimate of drug-likeness (QED) is 0.480. The Bertz CT molecular complexity index is 1130. The van der Waals surface area contributed by atoms with E-state index < -0.39 is 11.6 Å². The van der Waals surface area contributed by atoms with Gasteiger partial charge in [0.15, 0.2) is 5.58 Å². The first-order valence-electron chi connectivity index (χ1n) is 10.6. The van der Waals surface area contributed by atoms with Crippen molar-refractivity contribution in [3.63, 3.8) is 0 Å². The molecule has 8 nitrogen and oxygen atoms in total. The summed E-state index contributed by atoms with van der Waals surface area (Å²) in [6.07, 6.45) is -0.246. The minimum Gasteiger partial charge on any atom is -0.489 e. The van der Waals surface area contributed by atoms with Crippen LogP contribution in [0.2, 0.25) is 0 Å². The summed E-state index contributed by atoms with van der Waals surface area (Å²) >= 11 is 0. The van der Waals surface area contributed by atoms with Gasteiger partial charge in [-0.15, -0.1) is 0 Å². The van der Waals surface area contributed by atoms with Crippen molar-refractivity contribution < 1.29 is 23.1 Å². The number of carbonyl (C=O) groups excluding carboxylic acids is 1. The van der Waals surface area contributed by atoms with Crippen molar-refractivity contribution in [3.8, 4) is 5.75 Å². The van der Waals surface area contributed by atoms with Gasteiger partial charge < -0.3 is 24.5 Å². The van der Waals surface area contributed by atoms with Gasteiger partial charge in [0.25, 0.3) is 6.01 Å². The molecule has 3 aromatic rings. The predicted molar refractivity (Wildman–Crippen MR) is 124 cm³/mol. The van der Waals surface area contributed by atoms with Crippen LogP contribution < -0.4 is 15.4 Å². The fraction of sp³-hybridized carbons (Fsp3) is 0.375. The summed E-state index contributed by atoms with van der Waals surface area (Å²) in [4.78, 5) is 20.5. The van der Waals surface area contributed by atoms with Crippen LogP contribution in [0.1, 0.15) is 37.7 Å². The molecule has 2 aromatic heterocycles. The molecule has 1 aromatic carbocycles. The first kappa shape index (κ1) is 24.0. The molecule has 0 saturated heterocycles. The summed E-state index contributed by atoms with van der Waals surface area (Å²) in [5.41, 5.74) is 3.92. The van der Waals surface area contributed by atoms with Crippen LogP contribution in [0.5, 0.6) is 5.75 Å². The second-order valence-corrected chi connectivity index (χ2v) is 8.77. The fourth-order valence-electron chi connectivity index (χ4n) is 3.05. The zero-order chi connectivity index (χ0) is 24.0. The summed E-state index contributed by atoms with van der Waals surface area (Å²) in [5.74, 6) is 0.476. The number of hydrogen-bond donors (Lipinski definition) is 2. The number of alkyl carbamates (subject to hydrolysis) is 1. The van der Waals surface area contributed by atoms with Gasteiger partial charge in [0.2, 0.25) is 0 Å². The maximum absolute atomic E-state index is 13.2. The number of halogens is 1. The molecule has 0 radical (unpaired) electrons. The molecule has 0 aliphatic rings. The van der Waals surface area contributed by atoms with E-state index in [0.717, 1.165) is 17.0 Å². The number of benzene rings is 1. The lowest BCUT2D eigenvalue weighted by Crippen LogP contribution is -2.41. The standard InChI is InChI=1S/C24H29FN4O4/c1-15-8-17(9-16(2)27-15)12-26-22-28-20-7-6-19(10-21(20)33-22)31-13-18(11-25)14-32-23(30)29-24(3,4)5/h6-11H,12-14H2,1-5H3,(H,26,28)(H,29,30)/b18-11-. The average Bonchev–Trinajstić information content (AvgIpc) is 3.12. The van der Waals surface area contributed by atoms with Crippen LogP contribution in [0.15, 0.2) is 46.7 Å². The van der Waals surface area contributed by atoms with Crippen LogP contribution >= 0.6 is 0 Å². The highest BCUT2D eigenvalue weighted by Gasteiger charge is 2.15. The summed E-state index contributed by atoms with van der Waals surface area (Å²) in [6, 6.07) is 9.54. The van der Waals surface area contributed by atoms with Crippen LogP contribution in [-0.4, -0.2) is 34.8 Å². The van der Waals surface area contributed by atoms with Crippen LogP contribution in [-0.2, 0) is 11.3 Å². The van der Waals surface area contributed by atoms with Gasteiger partial charge in [-0.2, -0.15) is 4.98 Å². The van der Waals surface area contributed by atoms with E-state index in [9.17, 15) is 9.18 Å². The third-order valence-electron chi connectivity index (χ3n) is 4.39. The Labute approximate surface area is 192 Å². The van der Waals surface area contributed by atoms with Crippen molar-refractivity contribution in [1.82, 2.24) is 15.3 Å². The Morgan fingerprint density at radius 2 is 1.85 bits per heavy atom. The summed E-state index contributed by atoms with van der Waals surface area (Å²) in [6.45, 7) is 9.63. The molecule has 0 bridgehead atoms. The van der Waals surface area contributed by atoms with E-state index in [1.165, 1.54) is 0 Å². The minimum atomic E-state index is -0.623. The van der Waals surface area contributed by atoms with E-state index in [1.54, 1.807) is 18.2 Å². The molecule has 176 valence electrons. The number of ether oxygens (including phenoxy) is 2. The minimum absolute atomic E-state index is 0.0786. The molecule has 0 saturated carbocycles. The molecule has 33 heavy (non-hydrogen) atoms.